The lowest BCUT2D eigenvalue weighted by Crippen LogP contribution is -2.15. The van der Waals surface area contributed by atoms with Crippen molar-refractivity contribution in [1.82, 2.24) is 9.97 Å². The molecule has 2 aromatic rings. The molecule has 0 aliphatic heterocycles. The topological polar surface area (TPSA) is 37.8 Å². The Kier molecular flexibility index (Phi) is 9.62. The van der Waals surface area contributed by atoms with E-state index in [0.29, 0.717) is 5.57 Å². The Bertz CT molecular complexity index is 1260. The van der Waals surface area contributed by atoms with Crippen LogP contribution in [0, 0.1) is 36.1 Å². The molecular weight excluding hydrogens is 502 g/mol. The zero-order chi connectivity index (χ0) is 28.1. The van der Waals surface area contributed by atoms with Gasteiger partial charge in [-0.3, -0.25) is 0 Å². The Balaban J connectivity index is 0.000000204. The second-order valence-electron chi connectivity index (χ2n) is 11.1. The normalized spacial score (nSPS) is 16.8. The lowest BCUT2D eigenvalue weighted by atomic mass is 9.85. The maximum absolute atomic E-state index is 13.2. The van der Waals surface area contributed by atoms with Gasteiger partial charge in [0.15, 0.2) is 23.3 Å². The lowest BCUT2D eigenvalue weighted by Gasteiger charge is -2.25. The molecule has 1 aromatic carbocycles. The van der Waals surface area contributed by atoms with Crippen LogP contribution in [0.2, 0.25) is 0 Å². The van der Waals surface area contributed by atoms with Gasteiger partial charge in [0, 0.05) is 18.2 Å². The van der Waals surface area contributed by atoms with Gasteiger partial charge in [0.2, 0.25) is 0 Å². The predicted molar refractivity (Wildman–Crippen MR) is 150 cm³/mol. The highest BCUT2D eigenvalue weighted by molar-refractivity contribution is 5.78. The van der Waals surface area contributed by atoms with Gasteiger partial charge >= 0.3 is 0 Å². The van der Waals surface area contributed by atoms with E-state index in [9.17, 15) is 17.6 Å². The summed E-state index contributed by atoms with van der Waals surface area (Å²) >= 11 is 0. The highest BCUT2D eigenvalue weighted by Crippen LogP contribution is 2.37. The minimum absolute atomic E-state index is 0.00815. The van der Waals surface area contributed by atoms with E-state index in [2.05, 4.69) is 24.0 Å². The molecule has 0 spiro atoms. The lowest BCUT2D eigenvalue weighted by molar-refractivity contribution is 0.338. The molecule has 5 rings (SSSR count). The van der Waals surface area contributed by atoms with Crippen molar-refractivity contribution in [2.24, 2.45) is 5.92 Å². The van der Waals surface area contributed by atoms with E-state index in [-0.39, 0.29) is 17.5 Å². The van der Waals surface area contributed by atoms with Gasteiger partial charge in [-0.25, -0.2) is 27.5 Å². The number of anilines is 1. The van der Waals surface area contributed by atoms with Gasteiger partial charge in [-0.15, -0.1) is 0 Å². The number of aryl methyl sites for hydroxylation is 2. The van der Waals surface area contributed by atoms with Crippen LogP contribution in [0.4, 0.5) is 23.4 Å². The van der Waals surface area contributed by atoms with Crippen LogP contribution in [0.1, 0.15) is 92.9 Å². The smallest absolute Gasteiger partial charge is 0.197 e. The molecule has 210 valence electrons. The molecule has 0 unspecified atom stereocenters. The first-order valence-electron chi connectivity index (χ1n) is 14.1. The third-order valence-electron chi connectivity index (χ3n) is 8.09. The Morgan fingerprint density at radius 1 is 0.974 bits per heavy atom. The van der Waals surface area contributed by atoms with E-state index in [1.165, 1.54) is 80.9 Å². The zero-order valence-corrected chi connectivity index (χ0v) is 23.3. The number of halogens is 4. The van der Waals surface area contributed by atoms with Gasteiger partial charge in [0.1, 0.15) is 5.82 Å². The van der Waals surface area contributed by atoms with Gasteiger partial charge in [-0.1, -0.05) is 62.0 Å². The molecular formula is C32H39F4N3. The standard InChI is InChI=1S/C21H29N3.C11H10F4/c1-22-21-19(13-11-15-7-3-2-4-8-15)23-20-17-10-6-5-9-16(17)12-14-18(20)24-21;1-5(2)4-7-6(3)8(12)10(14)11(15)9(7)13/h6,10,15H,2-5,7-9,11-14H2,1H3,(H,22,24);1,4H2,2-3H3. The molecule has 7 heteroatoms. The SMILES string of the molecule is C=C(C)Cc1c(C)c(F)c(F)c(F)c1F.CNc1nc2c(nc1CCC1CCCCC1)C1=C(CCC=C1)CC2. The first kappa shape index (κ1) is 29.0. The molecule has 39 heavy (non-hydrogen) atoms. The van der Waals surface area contributed by atoms with E-state index >= 15 is 0 Å². The number of benzene rings is 1. The average Bonchev–Trinajstić information content (AvgIpc) is 2.96. The van der Waals surface area contributed by atoms with Crippen LogP contribution in [-0.2, 0) is 19.3 Å². The Morgan fingerprint density at radius 3 is 2.38 bits per heavy atom. The van der Waals surface area contributed by atoms with Crippen molar-refractivity contribution in [1.29, 1.82) is 0 Å². The monoisotopic (exact) mass is 541 g/mol. The molecule has 0 bridgehead atoms. The maximum atomic E-state index is 13.2. The van der Waals surface area contributed by atoms with E-state index in [1.54, 1.807) is 12.5 Å². The largest absolute Gasteiger partial charge is 0.372 e. The first-order chi connectivity index (χ1) is 18.7. The fourth-order valence-electron chi connectivity index (χ4n) is 5.87. The minimum atomic E-state index is -1.77. The van der Waals surface area contributed by atoms with Crippen LogP contribution in [-0.4, -0.2) is 17.0 Å². The molecule has 1 aromatic heterocycles. The van der Waals surface area contributed by atoms with Crippen LogP contribution in [0.5, 0.6) is 0 Å². The molecule has 3 aliphatic rings. The third kappa shape index (κ3) is 6.62. The Hall–Kier alpha value is -2.96. The van der Waals surface area contributed by atoms with Crippen LogP contribution >= 0.6 is 0 Å². The van der Waals surface area contributed by atoms with Crippen LogP contribution in [0.25, 0.3) is 5.57 Å². The molecule has 1 fully saturated rings. The van der Waals surface area contributed by atoms with Gasteiger partial charge in [0.05, 0.1) is 17.1 Å². The molecule has 3 aliphatic carbocycles. The molecule has 1 heterocycles. The van der Waals surface area contributed by atoms with Crippen molar-refractivity contribution in [3.8, 4) is 0 Å². The van der Waals surface area contributed by atoms with E-state index in [4.69, 9.17) is 9.97 Å². The predicted octanol–water partition coefficient (Wildman–Crippen LogP) is 8.75. The summed E-state index contributed by atoms with van der Waals surface area (Å²) in [6.07, 6.45) is 18.6. The van der Waals surface area contributed by atoms with Crippen molar-refractivity contribution in [3.05, 3.63) is 81.4 Å². The van der Waals surface area contributed by atoms with Gasteiger partial charge in [-0.05, 0) is 70.3 Å². The summed E-state index contributed by atoms with van der Waals surface area (Å²) in [6.45, 7) is 6.31. The number of rotatable bonds is 6. The summed E-state index contributed by atoms with van der Waals surface area (Å²) < 4.78 is 51.9. The van der Waals surface area contributed by atoms with Crippen LogP contribution < -0.4 is 5.32 Å². The summed E-state index contributed by atoms with van der Waals surface area (Å²) in [4.78, 5) is 10.1. The van der Waals surface area contributed by atoms with Crippen molar-refractivity contribution < 1.29 is 17.6 Å². The summed E-state index contributed by atoms with van der Waals surface area (Å²) in [6, 6.07) is 0. The van der Waals surface area contributed by atoms with Crippen molar-refractivity contribution in [2.75, 3.05) is 12.4 Å². The summed E-state index contributed by atoms with van der Waals surface area (Å²) in [5.41, 5.74) is 6.65. The van der Waals surface area contributed by atoms with Gasteiger partial charge < -0.3 is 5.32 Å². The number of hydrogen-bond donors (Lipinski definition) is 1. The molecule has 0 atom stereocenters. The zero-order valence-electron chi connectivity index (χ0n) is 23.3. The summed E-state index contributed by atoms with van der Waals surface area (Å²) in [5, 5.41) is 3.30. The quantitative estimate of drug-likeness (QED) is 0.172. The number of allylic oxidation sites excluding steroid dienone is 5. The Labute approximate surface area is 229 Å². The van der Waals surface area contributed by atoms with Crippen molar-refractivity contribution >= 4 is 11.4 Å². The number of hydrogen-bond acceptors (Lipinski definition) is 3. The minimum Gasteiger partial charge on any atom is -0.372 e. The molecule has 0 radical (unpaired) electrons. The highest BCUT2D eigenvalue weighted by Gasteiger charge is 2.24. The van der Waals surface area contributed by atoms with Crippen LogP contribution in [0.3, 0.4) is 0 Å². The summed E-state index contributed by atoms with van der Waals surface area (Å²) in [7, 11) is 1.98. The van der Waals surface area contributed by atoms with Crippen LogP contribution in [0.15, 0.2) is 29.9 Å². The molecule has 0 saturated heterocycles. The average molecular weight is 542 g/mol. The fourth-order valence-corrected chi connectivity index (χ4v) is 5.87. The highest BCUT2D eigenvalue weighted by atomic mass is 19.2. The fraction of sp³-hybridized carbons (Fsp3) is 0.500. The van der Waals surface area contributed by atoms with Gasteiger partial charge in [-0.2, -0.15) is 0 Å². The second kappa shape index (κ2) is 12.9. The van der Waals surface area contributed by atoms with Crippen molar-refractivity contribution in [2.45, 2.75) is 90.9 Å². The van der Waals surface area contributed by atoms with Gasteiger partial charge in [0.25, 0.3) is 0 Å². The van der Waals surface area contributed by atoms with E-state index < -0.39 is 23.3 Å². The molecule has 3 nitrogen and oxygen atoms in total. The Morgan fingerprint density at radius 2 is 1.69 bits per heavy atom. The maximum Gasteiger partial charge on any atom is 0.197 e. The number of nitrogens with zero attached hydrogens (tertiary/aromatic N) is 2. The number of aromatic nitrogens is 2. The second-order valence-corrected chi connectivity index (χ2v) is 11.1. The van der Waals surface area contributed by atoms with Crippen molar-refractivity contribution in [3.63, 3.8) is 0 Å². The first-order valence-corrected chi connectivity index (χ1v) is 14.1. The number of fused-ring (bicyclic) bond motifs is 2. The number of nitrogens with one attached hydrogen (secondary N) is 1. The summed E-state index contributed by atoms with van der Waals surface area (Å²) in [5.74, 6) is -4.32. The molecule has 1 saturated carbocycles. The van der Waals surface area contributed by atoms with E-state index in [0.717, 1.165) is 31.0 Å². The molecule has 1 N–H and O–H groups in total. The van der Waals surface area contributed by atoms with E-state index in [1.807, 2.05) is 7.05 Å². The third-order valence-corrected chi connectivity index (χ3v) is 8.09. The molecule has 0 amide bonds.